The van der Waals surface area contributed by atoms with E-state index < -0.39 is 16.1 Å². The number of amides is 1. The average Bonchev–Trinajstić information content (AvgIpc) is 2.88. The quantitative estimate of drug-likeness (QED) is 0.308. The minimum Gasteiger partial charge on any atom is -0.377 e. The van der Waals surface area contributed by atoms with Crippen molar-refractivity contribution in [3.63, 3.8) is 0 Å². The van der Waals surface area contributed by atoms with Crippen LogP contribution in [0.2, 0.25) is 0 Å². The molecule has 1 aliphatic rings. The number of hydrogen-bond donors (Lipinski definition) is 3. The van der Waals surface area contributed by atoms with Crippen LogP contribution in [0, 0.1) is 0 Å². The highest BCUT2D eigenvalue weighted by Crippen LogP contribution is 2.30. The maximum absolute atomic E-state index is 13.7. The summed E-state index contributed by atoms with van der Waals surface area (Å²) in [5, 5.41) is 1.43. The molecule has 0 aliphatic carbocycles. The Labute approximate surface area is 218 Å². The SMILES string of the molecule is CN(C)c1cccc2c(S(=O)(=O)N[C@@H](Cc3ccc(N=C(N)N)cc3)C(=O)N3CCCCC3)cccc12. The standard InChI is InChI=1S/C27H34N6O3S/c1-32(2)24-10-6-9-22-21(24)8-7-11-25(22)37(35,36)31-23(26(34)33-16-4-3-5-17-33)18-19-12-14-20(15-13-19)30-27(28)29/h6-15,23,31H,3-5,16-18H2,1-2H3,(H4,28,29,30)/t23-/m0/s1. The van der Waals surface area contributed by atoms with E-state index in [0.29, 0.717) is 24.2 Å². The zero-order valence-corrected chi connectivity index (χ0v) is 22.0. The number of hydrogen-bond acceptors (Lipinski definition) is 5. The minimum absolute atomic E-state index is 0.0498. The van der Waals surface area contributed by atoms with Crippen LogP contribution in [0.25, 0.3) is 10.8 Å². The Bertz CT molecular complexity index is 1390. The summed E-state index contributed by atoms with van der Waals surface area (Å²) < 4.78 is 30.2. The van der Waals surface area contributed by atoms with Gasteiger partial charge in [-0.25, -0.2) is 13.4 Å². The van der Waals surface area contributed by atoms with Crippen LogP contribution in [0.5, 0.6) is 0 Å². The van der Waals surface area contributed by atoms with Crippen LogP contribution >= 0.6 is 0 Å². The maximum atomic E-state index is 13.7. The maximum Gasteiger partial charge on any atom is 0.241 e. The molecule has 0 bridgehead atoms. The van der Waals surface area contributed by atoms with E-state index in [1.807, 2.05) is 37.2 Å². The second kappa shape index (κ2) is 11.2. The number of nitrogens with two attached hydrogens (primary N) is 2. The first-order chi connectivity index (χ1) is 17.7. The third-order valence-corrected chi connectivity index (χ3v) is 8.06. The first-order valence-corrected chi connectivity index (χ1v) is 13.8. The summed E-state index contributed by atoms with van der Waals surface area (Å²) in [4.78, 5) is 21.4. The number of aliphatic imine (C=N–C) groups is 1. The normalized spacial score (nSPS) is 14.8. The van der Waals surface area contributed by atoms with Crippen molar-refractivity contribution in [1.82, 2.24) is 9.62 Å². The van der Waals surface area contributed by atoms with Gasteiger partial charge < -0.3 is 21.3 Å². The molecule has 196 valence electrons. The third-order valence-electron chi connectivity index (χ3n) is 6.53. The summed E-state index contributed by atoms with van der Waals surface area (Å²) in [6.45, 7) is 1.25. The molecule has 4 rings (SSSR count). The van der Waals surface area contributed by atoms with Crippen molar-refractivity contribution in [3.8, 4) is 0 Å². The van der Waals surface area contributed by atoms with Crippen molar-refractivity contribution in [1.29, 1.82) is 0 Å². The van der Waals surface area contributed by atoms with Crippen molar-refractivity contribution in [2.75, 3.05) is 32.1 Å². The molecule has 0 aromatic heterocycles. The first kappa shape index (κ1) is 26.4. The van der Waals surface area contributed by atoms with Gasteiger partial charge in [-0.15, -0.1) is 0 Å². The molecule has 0 spiro atoms. The summed E-state index contributed by atoms with van der Waals surface area (Å²) in [6, 6.07) is 16.9. The largest absolute Gasteiger partial charge is 0.377 e. The second-order valence-electron chi connectivity index (χ2n) is 9.49. The van der Waals surface area contributed by atoms with Crippen molar-refractivity contribution in [3.05, 3.63) is 66.2 Å². The molecule has 3 aromatic carbocycles. The van der Waals surface area contributed by atoms with E-state index in [1.54, 1.807) is 47.4 Å². The average molecular weight is 523 g/mol. The van der Waals surface area contributed by atoms with Gasteiger partial charge in [-0.2, -0.15) is 4.72 Å². The number of benzene rings is 3. The molecule has 1 atom stereocenters. The Balaban J connectivity index is 1.68. The Morgan fingerprint density at radius 2 is 1.62 bits per heavy atom. The molecular formula is C27H34N6O3S. The number of piperidine rings is 1. The molecule has 5 N–H and O–H groups in total. The number of nitrogens with zero attached hydrogens (tertiary/aromatic N) is 3. The van der Waals surface area contributed by atoms with E-state index in [2.05, 4.69) is 9.71 Å². The highest BCUT2D eigenvalue weighted by atomic mass is 32.2. The fourth-order valence-corrected chi connectivity index (χ4v) is 6.16. The predicted octanol–water partition coefficient (Wildman–Crippen LogP) is 2.71. The van der Waals surface area contributed by atoms with Crippen LogP contribution in [0.3, 0.4) is 0 Å². The van der Waals surface area contributed by atoms with Gasteiger partial charge >= 0.3 is 0 Å². The number of rotatable bonds is 8. The lowest BCUT2D eigenvalue weighted by molar-refractivity contribution is -0.133. The van der Waals surface area contributed by atoms with Gasteiger partial charge in [0.15, 0.2) is 5.96 Å². The predicted molar refractivity (Wildman–Crippen MR) is 148 cm³/mol. The molecule has 1 saturated heterocycles. The lowest BCUT2D eigenvalue weighted by atomic mass is 10.0. The van der Waals surface area contributed by atoms with Crippen molar-refractivity contribution < 1.29 is 13.2 Å². The van der Waals surface area contributed by atoms with Crippen LogP contribution in [0.15, 0.2) is 70.6 Å². The van der Waals surface area contributed by atoms with E-state index in [9.17, 15) is 13.2 Å². The highest BCUT2D eigenvalue weighted by molar-refractivity contribution is 7.89. The van der Waals surface area contributed by atoms with E-state index in [0.717, 1.165) is 35.9 Å². The molecule has 1 amide bonds. The van der Waals surface area contributed by atoms with E-state index in [1.165, 1.54) is 0 Å². The molecular weight excluding hydrogens is 488 g/mol. The van der Waals surface area contributed by atoms with E-state index >= 15 is 0 Å². The van der Waals surface area contributed by atoms with E-state index in [-0.39, 0.29) is 23.2 Å². The number of fused-ring (bicyclic) bond motifs is 1. The number of nitrogens with one attached hydrogen (secondary N) is 1. The topological polar surface area (TPSA) is 134 Å². The lowest BCUT2D eigenvalue weighted by Crippen LogP contribution is -2.50. The van der Waals surface area contributed by atoms with Gasteiger partial charge in [-0.3, -0.25) is 4.79 Å². The van der Waals surface area contributed by atoms with Crippen molar-refractivity contribution in [2.45, 2.75) is 36.6 Å². The Kier molecular flexibility index (Phi) is 7.99. The molecule has 3 aromatic rings. The Morgan fingerprint density at radius 3 is 2.27 bits per heavy atom. The Hall–Kier alpha value is -3.63. The second-order valence-corrected chi connectivity index (χ2v) is 11.2. The summed E-state index contributed by atoms with van der Waals surface area (Å²) in [7, 11) is -0.194. The van der Waals surface area contributed by atoms with E-state index in [4.69, 9.17) is 11.5 Å². The number of carbonyl (C=O) groups excluding carboxylic acids is 1. The Morgan fingerprint density at radius 1 is 0.973 bits per heavy atom. The minimum atomic E-state index is -4.03. The third kappa shape index (κ3) is 6.20. The molecule has 0 unspecified atom stereocenters. The summed E-state index contributed by atoms with van der Waals surface area (Å²) in [6.07, 6.45) is 3.09. The van der Waals surface area contributed by atoms with Gasteiger partial charge in [0.05, 0.1) is 10.6 Å². The van der Waals surface area contributed by atoms with Crippen molar-refractivity contribution in [2.24, 2.45) is 16.5 Å². The monoisotopic (exact) mass is 522 g/mol. The van der Waals surface area contributed by atoms with Crippen LogP contribution in [0.1, 0.15) is 24.8 Å². The number of likely N-dealkylation sites (tertiary alicyclic amines) is 1. The van der Waals surface area contributed by atoms with Gasteiger partial charge in [0.1, 0.15) is 6.04 Å². The summed E-state index contributed by atoms with van der Waals surface area (Å²) in [5.74, 6) is -0.267. The zero-order chi connectivity index (χ0) is 26.6. The van der Waals surface area contributed by atoms with Gasteiger partial charge in [-0.1, -0.05) is 36.4 Å². The smallest absolute Gasteiger partial charge is 0.241 e. The fraction of sp³-hybridized carbons (Fsp3) is 0.333. The summed E-state index contributed by atoms with van der Waals surface area (Å²) >= 11 is 0. The highest BCUT2D eigenvalue weighted by Gasteiger charge is 2.31. The van der Waals surface area contributed by atoms with Crippen LogP contribution < -0.4 is 21.1 Å². The molecule has 0 saturated carbocycles. The van der Waals surface area contributed by atoms with Gasteiger partial charge in [-0.05, 0) is 55.5 Å². The zero-order valence-electron chi connectivity index (χ0n) is 21.2. The van der Waals surface area contributed by atoms with Crippen molar-refractivity contribution >= 4 is 44.0 Å². The molecule has 1 heterocycles. The molecule has 10 heteroatoms. The number of anilines is 1. The van der Waals surface area contributed by atoms with Crippen LogP contribution in [0.4, 0.5) is 11.4 Å². The fourth-order valence-electron chi connectivity index (χ4n) is 4.75. The van der Waals surface area contributed by atoms with Gasteiger partial charge in [0.2, 0.25) is 15.9 Å². The first-order valence-electron chi connectivity index (χ1n) is 12.3. The molecule has 1 fully saturated rings. The number of carbonyl (C=O) groups is 1. The lowest BCUT2D eigenvalue weighted by Gasteiger charge is -2.31. The molecule has 9 nitrogen and oxygen atoms in total. The van der Waals surface area contributed by atoms with Gasteiger partial charge in [0, 0.05) is 43.6 Å². The molecule has 1 aliphatic heterocycles. The molecule has 37 heavy (non-hydrogen) atoms. The molecule has 0 radical (unpaired) electrons. The number of sulfonamides is 1. The summed E-state index contributed by atoms with van der Waals surface area (Å²) in [5.41, 5.74) is 13.2. The van der Waals surface area contributed by atoms with Crippen LogP contribution in [-0.4, -0.2) is 58.4 Å². The van der Waals surface area contributed by atoms with Gasteiger partial charge in [0.25, 0.3) is 0 Å². The van der Waals surface area contributed by atoms with Crippen LogP contribution in [-0.2, 0) is 21.2 Å². The number of guanidine groups is 1.